The molecule has 1 atom stereocenters. The van der Waals surface area contributed by atoms with Crippen LogP contribution in [0.2, 0.25) is 0 Å². The quantitative estimate of drug-likeness (QED) is 0.662. The van der Waals surface area contributed by atoms with E-state index in [1.165, 1.54) is 16.7 Å². The first kappa shape index (κ1) is 9.53. The molecule has 2 aliphatic carbocycles. The number of allylic oxidation sites excluding steroid dienone is 2. The number of nitrogens with zero attached hydrogens (tertiary/aromatic N) is 3. The summed E-state index contributed by atoms with van der Waals surface area (Å²) in [7, 11) is 0. The second-order valence-electron chi connectivity index (χ2n) is 4.57. The van der Waals surface area contributed by atoms with Crippen molar-refractivity contribution in [2.24, 2.45) is 5.92 Å². The van der Waals surface area contributed by atoms with Crippen LogP contribution in [0.25, 0.3) is 5.57 Å². The van der Waals surface area contributed by atoms with Crippen LogP contribution in [0.4, 0.5) is 0 Å². The molecule has 0 saturated heterocycles. The summed E-state index contributed by atoms with van der Waals surface area (Å²) >= 11 is 0. The lowest BCUT2D eigenvalue weighted by Gasteiger charge is -2.05. The van der Waals surface area contributed by atoms with Gasteiger partial charge in [0.25, 0.3) is 0 Å². The average molecular weight is 211 g/mol. The van der Waals surface area contributed by atoms with Gasteiger partial charge < -0.3 is 0 Å². The molecular formula is C13H13N3. The van der Waals surface area contributed by atoms with Crippen molar-refractivity contribution < 1.29 is 0 Å². The van der Waals surface area contributed by atoms with E-state index >= 15 is 0 Å². The van der Waals surface area contributed by atoms with Gasteiger partial charge in [-0.25, -0.2) is 0 Å². The van der Waals surface area contributed by atoms with Gasteiger partial charge >= 0.3 is 0 Å². The number of aromatic nitrogens is 2. The Morgan fingerprint density at radius 3 is 3.06 bits per heavy atom. The highest BCUT2D eigenvalue weighted by Gasteiger charge is 2.26. The van der Waals surface area contributed by atoms with Crippen molar-refractivity contribution in [3.63, 3.8) is 0 Å². The van der Waals surface area contributed by atoms with Crippen molar-refractivity contribution in [2.45, 2.75) is 32.1 Å². The molecule has 0 bridgehead atoms. The molecule has 3 nitrogen and oxygen atoms in total. The highest BCUT2D eigenvalue weighted by Crippen LogP contribution is 2.40. The molecule has 2 aliphatic rings. The smallest absolute Gasteiger partial charge is 0.0924 e. The van der Waals surface area contributed by atoms with Gasteiger partial charge in [-0.1, -0.05) is 5.57 Å². The van der Waals surface area contributed by atoms with Crippen molar-refractivity contribution in [1.82, 2.24) is 10.2 Å². The Bertz CT molecular complexity index is 496. The first-order chi connectivity index (χ1) is 7.88. The molecule has 0 aliphatic heterocycles. The van der Waals surface area contributed by atoms with E-state index in [1.54, 1.807) is 6.20 Å². The van der Waals surface area contributed by atoms with Gasteiger partial charge in [-0.15, -0.1) is 0 Å². The van der Waals surface area contributed by atoms with Gasteiger partial charge in [-0.05, 0) is 49.3 Å². The predicted octanol–water partition coefficient (Wildman–Crippen LogP) is 2.50. The summed E-state index contributed by atoms with van der Waals surface area (Å²) in [5.74, 6) is 0.228. The molecule has 0 fully saturated rings. The first-order valence-corrected chi connectivity index (χ1v) is 5.80. The molecule has 1 aromatic heterocycles. The van der Waals surface area contributed by atoms with Gasteiger partial charge in [0.05, 0.1) is 11.8 Å². The maximum atomic E-state index is 8.98. The SMILES string of the molecule is N#CC1CCC2=C(CC1)c1nnccc1C2. The molecule has 3 rings (SSSR count). The second kappa shape index (κ2) is 3.71. The van der Waals surface area contributed by atoms with Gasteiger partial charge in [0.15, 0.2) is 0 Å². The van der Waals surface area contributed by atoms with Crippen molar-refractivity contribution in [2.75, 3.05) is 0 Å². The van der Waals surface area contributed by atoms with Crippen LogP contribution in [-0.4, -0.2) is 10.2 Å². The molecule has 3 heteroatoms. The monoisotopic (exact) mass is 211 g/mol. The molecule has 16 heavy (non-hydrogen) atoms. The number of nitriles is 1. The van der Waals surface area contributed by atoms with E-state index in [0.29, 0.717) is 0 Å². The fourth-order valence-electron chi connectivity index (χ4n) is 2.73. The Morgan fingerprint density at radius 1 is 1.31 bits per heavy atom. The van der Waals surface area contributed by atoms with Crippen LogP contribution < -0.4 is 0 Å². The van der Waals surface area contributed by atoms with Crippen molar-refractivity contribution in [1.29, 1.82) is 5.26 Å². The van der Waals surface area contributed by atoms with E-state index in [4.69, 9.17) is 5.26 Å². The van der Waals surface area contributed by atoms with Crippen molar-refractivity contribution in [3.8, 4) is 6.07 Å². The summed E-state index contributed by atoms with van der Waals surface area (Å²) in [4.78, 5) is 0. The Labute approximate surface area is 94.8 Å². The molecular weight excluding hydrogens is 198 g/mol. The third-order valence-electron chi connectivity index (χ3n) is 3.64. The average Bonchev–Trinajstić information content (AvgIpc) is 2.55. The van der Waals surface area contributed by atoms with Gasteiger partial charge in [-0.3, -0.25) is 0 Å². The third kappa shape index (κ3) is 1.42. The molecule has 1 unspecified atom stereocenters. The van der Waals surface area contributed by atoms with E-state index < -0.39 is 0 Å². The summed E-state index contributed by atoms with van der Waals surface area (Å²) in [5, 5.41) is 17.2. The summed E-state index contributed by atoms with van der Waals surface area (Å²) in [6, 6.07) is 4.46. The van der Waals surface area contributed by atoms with E-state index in [1.807, 2.05) is 0 Å². The summed E-state index contributed by atoms with van der Waals surface area (Å²) in [5.41, 5.74) is 5.28. The second-order valence-corrected chi connectivity index (χ2v) is 4.57. The van der Waals surface area contributed by atoms with Gasteiger partial charge in [0, 0.05) is 12.1 Å². The van der Waals surface area contributed by atoms with Crippen LogP contribution in [0.5, 0.6) is 0 Å². The Balaban J connectivity index is 1.93. The minimum Gasteiger partial charge on any atom is -0.198 e. The molecule has 0 radical (unpaired) electrons. The van der Waals surface area contributed by atoms with E-state index in [2.05, 4.69) is 22.3 Å². The molecule has 0 saturated carbocycles. The number of rotatable bonds is 0. The molecule has 0 N–H and O–H groups in total. The molecule has 0 aromatic carbocycles. The number of fused-ring (bicyclic) bond motifs is 2. The first-order valence-electron chi connectivity index (χ1n) is 5.80. The lowest BCUT2D eigenvalue weighted by molar-refractivity contribution is 0.576. The zero-order valence-corrected chi connectivity index (χ0v) is 9.11. The minimum atomic E-state index is 0.228. The van der Waals surface area contributed by atoms with E-state index in [0.717, 1.165) is 37.8 Å². The topological polar surface area (TPSA) is 49.6 Å². The zero-order valence-electron chi connectivity index (χ0n) is 9.11. The van der Waals surface area contributed by atoms with Crippen LogP contribution in [0.1, 0.15) is 36.9 Å². The number of hydrogen-bond donors (Lipinski definition) is 0. The molecule has 1 heterocycles. The minimum absolute atomic E-state index is 0.228. The van der Waals surface area contributed by atoms with Crippen LogP contribution >= 0.6 is 0 Å². The highest BCUT2D eigenvalue weighted by molar-refractivity contribution is 5.73. The van der Waals surface area contributed by atoms with Crippen LogP contribution in [0.15, 0.2) is 17.8 Å². The van der Waals surface area contributed by atoms with Crippen LogP contribution in [0, 0.1) is 17.2 Å². The van der Waals surface area contributed by atoms with Gasteiger partial charge in [0.2, 0.25) is 0 Å². The van der Waals surface area contributed by atoms with Crippen molar-refractivity contribution >= 4 is 5.57 Å². The normalized spacial score (nSPS) is 23.3. The van der Waals surface area contributed by atoms with Gasteiger partial charge in [0.1, 0.15) is 0 Å². The fourth-order valence-corrected chi connectivity index (χ4v) is 2.73. The molecule has 1 aromatic rings. The lowest BCUT2D eigenvalue weighted by atomic mass is 9.99. The van der Waals surface area contributed by atoms with Crippen LogP contribution in [0.3, 0.4) is 0 Å². The van der Waals surface area contributed by atoms with E-state index in [-0.39, 0.29) is 5.92 Å². The van der Waals surface area contributed by atoms with E-state index in [9.17, 15) is 0 Å². The Morgan fingerprint density at radius 2 is 2.19 bits per heavy atom. The maximum absolute atomic E-state index is 8.98. The van der Waals surface area contributed by atoms with Crippen molar-refractivity contribution in [3.05, 3.63) is 29.1 Å². The molecule has 80 valence electrons. The Hall–Kier alpha value is -1.69. The summed E-state index contributed by atoms with van der Waals surface area (Å²) < 4.78 is 0. The molecule has 0 spiro atoms. The zero-order chi connectivity index (χ0) is 11.0. The standard InChI is InChI=1S/C13H13N3/c14-8-9-1-3-10-7-11-5-6-15-16-13(11)12(10)4-2-9/h5-6,9H,1-4,7H2. The Kier molecular flexibility index (Phi) is 2.21. The maximum Gasteiger partial charge on any atom is 0.0924 e. The summed E-state index contributed by atoms with van der Waals surface area (Å²) in [6.07, 6.45) is 6.84. The molecule has 0 amide bonds. The largest absolute Gasteiger partial charge is 0.198 e. The summed E-state index contributed by atoms with van der Waals surface area (Å²) in [6.45, 7) is 0. The predicted molar refractivity (Wildman–Crippen MR) is 60.2 cm³/mol. The highest BCUT2D eigenvalue weighted by atomic mass is 15.1. The third-order valence-corrected chi connectivity index (χ3v) is 3.64. The number of hydrogen-bond acceptors (Lipinski definition) is 3. The van der Waals surface area contributed by atoms with Crippen LogP contribution in [-0.2, 0) is 6.42 Å². The van der Waals surface area contributed by atoms with Gasteiger partial charge in [-0.2, -0.15) is 15.5 Å². The lowest BCUT2D eigenvalue weighted by Crippen LogP contribution is -1.97. The fraction of sp³-hybridized carbons (Fsp3) is 0.462.